The summed E-state index contributed by atoms with van der Waals surface area (Å²) < 4.78 is 58.6. The molecule has 1 aliphatic heterocycles. The maximum Gasteiger partial charge on any atom is 0.490 e. The SMILES string of the molecule is CC(=O)OC[C@H]1C[C@H](n2cnc3c(N)nc(N)nc32)O[C@@H]1COP(=O)(O)OP(=O)(O)OP(=O)(O)O. The largest absolute Gasteiger partial charge is 0.490 e. The summed E-state index contributed by atoms with van der Waals surface area (Å²) in [5, 5.41) is 0. The van der Waals surface area contributed by atoms with E-state index in [0.29, 0.717) is 0 Å². The van der Waals surface area contributed by atoms with Gasteiger partial charge >= 0.3 is 29.4 Å². The molecule has 0 aliphatic carbocycles. The van der Waals surface area contributed by atoms with Gasteiger partial charge in [0.1, 0.15) is 11.7 Å². The minimum atomic E-state index is -5.69. The van der Waals surface area contributed by atoms with E-state index in [1.165, 1.54) is 17.8 Å². The Balaban J connectivity index is 1.76. The molecule has 0 bridgehead atoms. The number of hydrogen-bond acceptors (Lipinski definition) is 14. The fourth-order valence-corrected chi connectivity index (χ4v) is 6.20. The van der Waals surface area contributed by atoms with E-state index < -0.39 is 54.3 Å². The molecule has 5 atom stereocenters. The van der Waals surface area contributed by atoms with Crippen LogP contribution in [-0.4, -0.2) is 64.4 Å². The van der Waals surface area contributed by atoms with Crippen LogP contribution in [0.2, 0.25) is 0 Å². The van der Waals surface area contributed by atoms with E-state index in [-0.39, 0.29) is 36.0 Å². The quantitative estimate of drug-likeness (QED) is 0.161. The monoisotopic (exact) mass is 562 g/mol. The summed E-state index contributed by atoms with van der Waals surface area (Å²) in [6, 6.07) is 0. The van der Waals surface area contributed by atoms with Crippen molar-refractivity contribution in [2.75, 3.05) is 24.7 Å². The topological polar surface area (TPSA) is 291 Å². The van der Waals surface area contributed by atoms with Gasteiger partial charge in [0.25, 0.3) is 0 Å². The Kier molecular flexibility index (Phi) is 8.00. The number of hydrogen-bond donors (Lipinski definition) is 6. The molecule has 2 aromatic rings. The van der Waals surface area contributed by atoms with E-state index in [1.807, 2.05) is 0 Å². The summed E-state index contributed by atoms with van der Waals surface area (Å²) in [6.07, 6.45) is -0.359. The van der Waals surface area contributed by atoms with Crippen LogP contribution in [-0.2, 0) is 41.1 Å². The number of aromatic nitrogens is 4. The third-order valence-corrected chi connectivity index (χ3v) is 8.26. The zero-order chi connectivity index (χ0) is 26.2. The van der Waals surface area contributed by atoms with Crippen LogP contribution < -0.4 is 11.5 Å². The molecule has 1 fully saturated rings. The number of nitrogen functional groups attached to an aromatic ring is 2. The lowest BCUT2D eigenvalue weighted by Gasteiger charge is -2.21. The molecule has 0 spiro atoms. The van der Waals surface area contributed by atoms with Crippen LogP contribution in [0.3, 0.4) is 0 Å². The first-order valence-corrected chi connectivity index (χ1v) is 13.9. The van der Waals surface area contributed by atoms with Crippen molar-refractivity contribution in [3.8, 4) is 0 Å². The van der Waals surface area contributed by atoms with Crippen molar-refractivity contribution < 1.29 is 60.7 Å². The third-order valence-electron chi connectivity index (χ3n) is 4.46. The van der Waals surface area contributed by atoms with E-state index in [2.05, 4.69) is 28.1 Å². The molecule has 0 aromatic carbocycles. The lowest BCUT2D eigenvalue weighted by atomic mass is 10.0. The van der Waals surface area contributed by atoms with Crippen LogP contribution >= 0.6 is 23.5 Å². The zero-order valence-electron chi connectivity index (χ0n) is 17.7. The van der Waals surface area contributed by atoms with Crippen LogP contribution in [0.25, 0.3) is 11.2 Å². The Labute approximate surface area is 195 Å². The molecule has 0 amide bonds. The summed E-state index contributed by atoms with van der Waals surface area (Å²) in [7, 11) is -16.6. The number of phosphoric ester groups is 1. The highest BCUT2D eigenvalue weighted by Crippen LogP contribution is 2.66. The second kappa shape index (κ2) is 10.2. The maximum absolute atomic E-state index is 12.0. The van der Waals surface area contributed by atoms with Gasteiger partial charge in [0, 0.05) is 19.3 Å². The Morgan fingerprint density at radius 2 is 1.83 bits per heavy atom. The smallest absolute Gasteiger partial charge is 0.465 e. The number of rotatable bonds is 10. The van der Waals surface area contributed by atoms with Crippen molar-refractivity contribution in [2.24, 2.45) is 5.92 Å². The number of phosphoric acid groups is 3. The average molecular weight is 562 g/mol. The molecule has 19 nitrogen and oxygen atoms in total. The minimum Gasteiger partial charge on any atom is -0.465 e. The number of ether oxygens (including phenoxy) is 2. The van der Waals surface area contributed by atoms with Crippen molar-refractivity contribution in [3.63, 3.8) is 0 Å². The molecular weight excluding hydrogens is 541 g/mol. The minimum absolute atomic E-state index is 0.0184. The van der Waals surface area contributed by atoms with Gasteiger partial charge in [-0.05, 0) is 0 Å². The Morgan fingerprint density at radius 3 is 2.46 bits per heavy atom. The van der Waals surface area contributed by atoms with Crippen LogP contribution in [0.1, 0.15) is 19.6 Å². The van der Waals surface area contributed by atoms with Crippen molar-refractivity contribution in [3.05, 3.63) is 6.33 Å². The molecule has 2 aromatic heterocycles. The Bertz CT molecular complexity index is 1250. The highest BCUT2D eigenvalue weighted by atomic mass is 31.3. The summed E-state index contributed by atoms with van der Waals surface area (Å²) in [6.45, 7) is 0.236. The van der Waals surface area contributed by atoms with Crippen LogP contribution in [0.4, 0.5) is 11.8 Å². The van der Waals surface area contributed by atoms with Gasteiger partial charge in [0.15, 0.2) is 11.5 Å². The molecule has 2 unspecified atom stereocenters. The molecule has 35 heavy (non-hydrogen) atoms. The maximum atomic E-state index is 12.0. The van der Waals surface area contributed by atoms with Gasteiger partial charge in [-0.3, -0.25) is 13.9 Å². The number of carbonyl (C=O) groups excluding carboxylic acids is 1. The van der Waals surface area contributed by atoms with Crippen molar-refractivity contribution in [1.29, 1.82) is 0 Å². The highest BCUT2D eigenvalue weighted by Gasteiger charge is 2.43. The lowest BCUT2D eigenvalue weighted by Crippen LogP contribution is -2.26. The fourth-order valence-electron chi connectivity index (χ4n) is 3.17. The van der Waals surface area contributed by atoms with Crippen LogP contribution in [0.15, 0.2) is 6.33 Å². The number of nitrogens with zero attached hydrogens (tertiary/aromatic N) is 4. The summed E-state index contributed by atoms with van der Waals surface area (Å²) in [5.74, 6) is -1.34. The van der Waals surface area contributed by atoms with Gasteiger partial charge in [-0.2, -0.15) is 18.6 Å². The molecule has 3 rings (SSSR count). The molecule has 8 N–H and O–H groups in total. The number of imidazole rings is 1. The summed E-state index contributed by atoms with van der Waals surface area (Å²) in [4.78, 5) is 59.4. The molecule has 22 heteroatoms. The molecule has 0 saturated carbocycles. The van der Waals surface area contributed by atoms with Gasteiger partial charge in [-0.1, -0.05) is 0 Å². The molecule has 1 saturated heterocycles. The van der Waals surface area contributed by atoms with Crippen molar-refractivity contribution >= 4 is 52.4 Å². The predicted molar refractivity (Wildman–Crippen MR) is 113 cm³/mol. The fraction of sp³-hybridized carbons (Fsp3) is 0.538. The lowest BCUT2D eigenvalue weighted by molar-refractivity contribution is -0.143. The van der Waals surface area contributed by atoms with E-state index >= 15 is 0 Å². The number of esters is 1. The summed E-state index contributed by atoms with van der Waals surface area (Å²) >= 11 is 0. The van der Waals surface area contributed by atoms with Crippen LogP contribution in [0.5, 0.6) is 0 Å². The van der Waals surface area contributed by atoms with Crippen LogP contribution in [0, 0.1) is 5.92 Å². The third kappa shape index (κ3) is 7.49. The average Bonchev–Trinajstić information content (AvgIpc) is 3.25. The first kappa shape index (κ1) is 27.6. The van der Waals surface area contributed by atoms with Gasteiger partial charge in [-0.25, -0.2) is 18.7 Å². The molecular formula is C13H21N6O13P3. The van der Waals surface area contributed by atoms with E-state index in [1.54, 1.807) is 0 Å². The Hall–Kier alpha value is -2.01. The normalized spacial score (nSPS) is 24.2. The molecule has 3 heterocycles. The first-order chi connectivity index (χ1) is 16.1. The van der Waals surface area contributed by atoms with Crippen molar-refractivity contribution in [2.45, 2.75) is 25.7 Å². The second-order valence-corrected chi connectivity index (χ2v) is 11.5. The van der Waals surface area contributed by atoms with Crippen molar-refractivity contribution in [1.82, 2.24) is 19.5 Å². The second-order valence-electron chi connectivity index (χ2n) is 7.11. The highest BCUT2D eigenvalue weighted by molar-refractivity contribution is 7.66. The molecule has 1 aliphatic rings. The first-order valence-electron chi connectivity index (χ1n) is 9.38. The number of anilines is 2. The van der Waals surface area contributed by atoms with Gasteiger partial charge in [0.2, 0.25) is 5.95 Å². The zero-order valence-corrected chi connectivity index (χ0v) is 20.4. The molecule has 0 radical (unpaired) electrons. The van der Waals surface area contributed by atoms with E-state index in [4.69, 9.17) is 30.7 Å². The molecule has 196 valence electrons. The number of carbonyl (C=O) groups is 1. The van der Waals surface area contributed by atoms with E-state index in [9.17, 15) is 28.3 Å². The van der Waals surface area contributed by atoms with Gasteiger partial charge < -0.3 is 40.5 Å². The standard InChI is InChI=1S/C13H21N6O13P3/c1-6(20)28-3-7-2-9(19-5-16-10-11(14)17-13(15)18-12(10)19)30-8(7)4-29-34(24,25)32-35(26,27)31-33(21,22)23/h5,7-9H,2-4H2,1H3,(H,24,25)(H,26,27)(H2,21,22,23)(H4,14,15,17,18)/t7-,8-,9-/m1/s1. The predicted octanol–water partition coefficient (Wildman–Crippen LogP) is -0.199. The Morgan fingerprint density at radius 1 is 1.14 bits per heavy atom. The number of fused-ring (bicyclic) bond motifs is 1. The summed E-state index contributed by atoms with van der Waals surface area (Å²) in [5.41, 5.74) is 11.9. The number of nitrogens with two attached hydrogens (primary N) is 2. The van der Waals surface area contributed by atoms with Gasteiger partial charge in [0.05, 0.1) is 25.6 Å². The van der Waals surface area contributed by atoms with E-state index in [0.717, 1.165) is 0 Å². The van der Waals surface area contributed by atoms with Gasteiger partial charge in [-0.15, -0.1) is 0 Å².